The van der Waals surface area contributed by atoms with Crippen molar-refractivity contribution in [2.45, 2.75) is 26.5 Å². The summed E-state index contributed by atoms with van der Waals surface area (Å²) in [6, 6.07) is 14.2. The molecular formula is C20H27BrN2O2. The van der Waals surface area contributed by atoms with E-state index in [1.807, 2.05) is 24.3 Å². The molecule has 0 aliphatic carbocycles. The molecule has 2 aromatic rings. The van der Waals surface area contributed by atoms with Crippen LogP contribution in [0.4, 0.5) is 0 Å². The van der Waals surface area contributed by atoms with E-state index in [0.29, 0.717) is 6.61 Å². The number of benzene rings is 2. The molecule has 0 fully saturated rings. The molecule has 0 unspecified atom stereocenters. The second kappa shape index (κ2) is 11.1. The standard InChI is InChI=1S/C20H27BrN2O2/c1-3-22-10-7-11-23-14-17-12-18(21)13-19(24-2)20(17)25-15-16-8-5-4-6-9-16/h4-6,8-9,12-13,22-23H,3,7,10-11,14-15H2,1-2H3. The van der Waals surface area contributed by atoms with Crippen LogP contribution in [0.15, 0.2) is 46.9 Å². The normalized spacial score (nSPS) is 10.7. The van der Waals surface area contributed by atoms with Crippen molar-refractivity contribution < 1.29 is 9.47 Å². The lowest BCUT2D eigenvalue weighted by Gasteiger charge is -2.16. The number of rotatable bonds is 11. The summed E-state index contributed by atoms with van der Waals surface area (Å²) in [5.41, 5.74) is 2.22. The smallest absolute Gasteiger partial charge is 0.166 e. The summed E-state index contributed by atoms with van der Waals surface area (Å²) in [5, 5.41) is 6.81. The van der Waals surface area contributed by atoms with Gasteiger partial charge in [0, 0.05) is 16.6 Å². The SMILES string of the molecule is CCNCCCNCc1cc(Br)cc(OC)c1OCc1ccccc1. The van der Waals surface area contributed by atoms with E-state index in [0.717, 1.165) is 59.7 Å². The summed E-state index contributed by atoms with van der Waals surface area (Å²) < 4.78 is 12.6. The fraction of sp³-hybridized carbons (Fsp3) is 0.400. The van der Waals surface area contributed by atoms with Crippen molar-refractivity contribution >= 4 is 15.9 Å². The van der Waals surface area contributed by atoms with Gasteiger partial charge in [0.05, 0.1) is 7.11 Å². The number of nitrogens with one attached hydrogen (secondary N) is 2. The highest BCUT2D eigenvalue weighted by Crippen LogP contribution is 2.35. The molecule has 0 saturated heterocycles. The number of hydrogen-bond donors (Lipinski definition) is 2. The van der Waals surface area contributed by atoms with E-state index in [1.165, 1.54) is 0 Å². The second-order valence-electron chi connectivity index (χ2n) is 5.75. The van der Waals surface area contributed by atoms with Gasteiger partial charge in [-0.1, -0.05) is 53.2 Å². The van der Waals surface area contributed by atoms with Crippen molar-refractivity contribution in [2.75, 3.05) is 26.7 Å². The molecule has 2 N–H and O–H groups in total. The fourth-order valence-electron chi connectivity index (χ4n) is 2.54. The largest absolute Gasteiger partial charge is 0.493 e. The van der Waals surface area contributed by atoms with Crippen molar-refractivity contribution in [3.8, 4) is 11.5 Å². The average Bonchev–Trinajstić information content (AvgIpc) is 2.64. The highest BCUT2D eigenvalue weighted by atomic mass is 79.9. The minimum absolute atomic E-state index is 0.520. The van der Waals surface area contributed by atoms with Crippen molar-refractivity contribution in [3.63, 3.8) is 0 Å². The Balaban J connectivity index is 2.02. The van der Waals surface area contributed by atoms with Gasteiger partial charge in [0.1, 0.15) is 6.61 Å². The van der Waals surface area contributed by atoms with E-state index in [-0.39, 0.29) is 0 Å². The molecule has 2 rings (SSSR count). The van der Waals surface area contributed by atoms with Crippen molar-refractivity contribution in [1.29, 1.82) is 0 Å². The van der Waals surface area contributed by atoms with Gasteiger partial charge < -0.3 is 20.1 Å². The molecule has 0 radical (unpaired) electrons. The molecule has 0 heterocycles. The molecule has 0 atom stereocenters. The maximum absolute atomic E-state index is 6.10. The zero-order chi connectivity index (χ0) is 17.9. The number of halogens is 1. The highest BCUT2D eigenvalue weighted by Gasteiger charge is 2.13. The summed E-state index contributed by atoms with van der Waals surface area (Å²) in [7, 11) is 1.67. The first-order valence-corrected chi connectivity index (χ1v) is 9.48. The lowest BCUT2D eigenvalue weighted by atomic mass is 10.1. The molecule has 0 spiro atoms. The Morgan fingerprint density at radius 3 is 2.52 bits per heavy atom. The summed E-state index contributed by atoms with van der Waals surface area (Å²) >= 11 is 3.55. The maximum Gasteiger partial charge on any atom is 0.166 e. The molecule has 25 heavy (non-hydrogen) atoms. The van der Waals surface area contributed by atoms with Crippen LogP contribution in [0.25, 0.3) is 0 Å². The third-order valence-corrected chi connectivity index (χ3v) is 4.27. The van der Waals surface area contributed by atoms with Crippen LogP contribution in [-0.2, 0) is 13.2 Å². The summed E-state index contributed by atoms with van der Waals surface area (Å²) in [4.78, 5) is 0. The van der Waals surface area contributed by atoms with Gasteiger partial charge >= 0.3 is 0 Å². The van der Waals surface area contributed by atoms with Crippen molar-refractivity contribution in [3.05, 3.63) is 58.1 Å². The third-order valence-electron chi connectivity index (χ3n) is 3.82. The van der Waals surface area contributed by atoms with Gasteiger partial charge in [-0.15, -0.1) is 0 Å². The molecular weight excluding hydrogens is 380 g/mol. The van der Waals surface area contributed by atoms with E-state index < -0.39 is 0 Å². The van der Waals surface area contributed by atoms with Crippen LogP contribution in [0.3, 0.4) is 0 Å². The topological polar surface area (TPSA) is 42.5 Å². The Morgan fingerprint density at radius 2 is 1.80 bits per heavy atom. The average molecular weight is 407 g/mol. The Labute approximate surface area is 159 Å². The predicted octanol–water partition coefficient (Wildman–Crippen LogP) is 4.13. The molecule has 0 aliphatic rings. The fourth-order valence-corrected chi connectivity index (χ4v) is 3.02. The van der Waals surface area contributed by atoms with E-state index in [4.69, 9.17) is 9.47 Å². The highest BCUT2D eigenvalue weighted by molar-refractivity contribution is 9.10. The zero-order valence-corrected chi connectivity index (χ0v) is 16.6. The first-order chi connectivity index (χ1) is 12.2. The minimum Gasteiger partial charge on any atom is -0.493 e. The monoisotopic (exact) mass is 406 g/mol. The van der Waals surface area contributed by atoms with E-state index in [2.05, 4.69) is 51.7 Å². The Hall–Kier alpha value is -1.56. The molecule has 0 aliphatic heterocycles. The van der Waals surface area contributed by atoms with Crippen LogP contribution < -0.4 is 20.1 Å². The molecule has 2 aromatic carbocycles. The maximum atomic E-state index is 6.10. The van der Waals surface area contributed by atoms with Gasteiger partial charge in [-0.25, -0.2) is 0 Å². The first kappa shape index (κ1) is 19.8. The Kier molecular flexibility index (Phi) is 8.80. The molecule has 5 heteroatoms. The number of ether oxygens (including phenoxy) is 2. The predicted molar refractivity (Wildman–Crippen MR) is 106 cm³/mol. The van der Waals surface area contributed by atoms with Gasteiger partial charge in [-0.2, -0.15) is 0 Å². The first-order valence-electron chi connectivity index (χ1n) is 8.69. The summed E-state index contributed by atoms with van der Waals surface area (Å²) in [5.74, 6) is 1.54. The van der Waals surface area contributed by atoms with Gasteiger partial charge in [-0.3, -0.25) is 0 Å². The quantitative estimate of drug-likeness (QED) is 0.550. The van der Waals surface area contributed by atoms with Gasteiger partial charge in [0.15, 0.2) is 11.5 Å². The van der Waals surface area contributed by atoms with Crippen molar-refractivity contribution in [1.82, 2.24) is 10.6 Å². The zero-order valence-electron chi connectivity index (χ0n) is 15.0. The summed E-state index contributed by atoms with van der Waals surface area (Å²) in [6.07, 6.45) is 1.10. The van der Waals surface area contributed by atoms with E-state index in [1.54, 1.807) is 7.11 Å². The lowest BCUT2D eigenvalue weighted by Crippen LogP contribution is -2.21. The third kappa shape index (κ3) is 6.69. The molecule has 0 bridgehead atoms. The van der Waals surface area contributed by atoms with E-state index in [9.17, 15) is 0 Å². The molecule has 0 aromatic heterocycles. The number of methoxy groups -OCH3 is 1. The summed E-state index contributed by atoms with van der Waals surface area (Å²) in [6.45, 7) is 6.39. The minimum atomic E-state index is 0.520. The van der Waals surface area contributed by atoms with Crippen LogP contribution in [0.2, 0.25) is 0 Å². The van der Waals surface area contributed by atoms with Gasteiger partial charge in [0.2, 0.25) is 0 Å². The van der Waals surface area contributed by atoms with E-state index >= 15 is 0 Å². The van der Waals surface area contributed by atoms with Crippen LogP contribution in [0.1, 0.15) is 24.5 Å². The second-order valence-corrected chi connectivity index (χ2v) is 6.67. The Morgan fingerprint density at radius 1 is 1.04 bits per heavy atom. The molecule has 0 amide bonds. The van der Waals surface area contributed by atoms with Crippen LogP contribution in [0.5, 0.6) is 11.5 Å². The van der Waals surface area contributed by atoms with Crippen LogP contribution >= 0.6 is 15.9 Å². The Bertz CT molecular complexity index is 635. The number of hydrogen-bond acceptors (Lipinski definition) is 4. The molecule has 136 valence electrons. The van der Waals surface area contributed by atoms with Crippen molar-refractivity contribution in [2.24, 2.45) is 0 Å². The molecule has 4 nitrogen and oxygen atoms in total. The molecule has 0 saturated carbocycles. The van der Waals surface area contributed by atoms with Crippen LogP contribution in [-0.4, -0.2) is 26.7 Å². The van der Waals surface area contributed by atoms with Crippen LogP contribution in [0, 0.1) is 0 Å². The van der Waals surface area contributed by atoms with Gasteiger partial charge in [-0.05, 0) is 43.8 Å². The lowest BCUT2D eigenvalue weighted by molar-refractivity contribution is 0.280. The van der Waals surface area contributed by atoms with Gasteiger partial charge in [0.25, 0.3) is 0 Å².